The Morgan fingerprint density at radius 2 is 1.85 bits per heavy atom. The van der Waals surface area contributed by atoms with Crippen molar-refractivity contribution < 1.29 is 9.53 Å². The summed E-state index contributed by atoms with van der Waals surface area (Å²) in [5.41, 5.74) is 1.37. The number of amides is 1. The molecule has 2 rings (SSSR count). The first-order chi connectivity index (χ1) is 9.70. The molecule has 0 spiro atoms. The average Bonchev–Trinajstić information content (AvgIpc) is 2.48. The minimum absolute atomic E-state index is 0.178. The highest BCUT2D eigenvalue weighted by atomic mass is 16.6. The smallest absolute Gasteiger partial charge is 0.409 e. The van der Waals surface area contributed by atoms with Gasteiger partial charge >= 0.3 is 6.09 Å². The van der Waals surface area contributed by atoms with Crippen LogP contribution >= 0.6 is 0 Å². The van der Waals surface area contributed by atoms with Gasteiger partial charge < -0.3 is 9.64 Å². The summed E-state index contributed by atoms with van der Waals surface area (Å²) in [6, 6.07) is 11.1. The molecule has 1 atom stereocenters. The molecule has 1 unspecified atom stereocenters. The Balaban J connectivity index is 1.80. The zero-order valence-corrected chi connectivity index (χ0v) is 12.4. The Hall–Kier alpha value is -1.55. The Labute approximate surface area is 121 Å². The number of carbonyl (C=O) groups is 1. The molecule has 0 aromatic heterocycles. The van der Waals surface area contributed by atoms with Crippen LogP contribution in [-0.2, 0) is 11.2 Å². The highest BCUT2D eigenvalue weighted by Crippen LogP contribution is 2.12. The Morgan fingerprint density at radius 1 is 1.20 bits per heavy atom. The zero-order chi connectivity index (χ0) is 14.4. The summed E-state index contributed by atoms with van der Waals surface area (Å²) in [4.78, 5) is 15.9. The van der Waals surface area contributed by atoms with Crippen LogP contribution < -0.4 is 0 Å². The lowest BCUT2D eigenvalue weighted by Gasteiger charge is -2.37. The predicted octanol–water partition coefficient (Wildman–Crippen LogP) is 2.39. The van der Waals surface area contributed by atoms with Gasteiger partial charge in [0, 0.05) is 32.2 Å². The van der Waals surface area contributed by atoms with E-state index in [1.165, 1.54) is 5.56 Å². The van der Waals surface area contributed by atoms with Crippen molar-refractivity contribution in [1.82, 2.24) is 9.80 Å². The molecule has 0 radical (unpaired) electrons. The van der Waals surface area contributed by atoms with E-state index >= 15 is 0 Å². The minimum Gasteiger partial charge on any atom is -0.450 e. The summed E-state index contributed by atoms with van der Waals surface area (Å²) in [5, 5.41) is 0. The van der Waals surface area contributed by atoms with Crippen LogP contribution in [0.25, 0.3) is 0 Å². The van der Waals surface area contributed by atoms with E-state index in [1.807, 2.05) is 13.0 Å². The lowest BCUT2D eigenvalue weighted by atomic mass is 10.1. The topological polar surface area (TPSA) is 32.8 Å². The van der Waals surface area contributed by atoms with Gasteiger partial charge in [-0.3, -0.25) is 4.90 Å². The summed E-state index contributed by atoms with van der Waals surface area (Å²) in [7, 11) is 0. The van der Waals surface area contributed by atoms with E-state index in [0.717, 1.165) is 32.6 Å². The van der Waals surface area contributed by atoms with Crippen molar-refractivity contribution in [3.05, 3.63) is 35.9 Å². The molecular weight excluding hydrogens is 252 g/mol. The van der Waals surface area contributed by atoms with Crippen LogP contribution in [0.2, 0.25) is 0 Å². The van der Waals surface area contributed by atoms with Crippen molar-refractivity contribution in [2.45, 2.75) is 26.3 Å². The minimum atomic E-state index is -0.178. The van der Waals surface area contributed by atoms with E-state index in [1.54, 1.807) is 4.90 Å². The number of piperazine rings is 1. The van der Waals surface area contributed by atoms with Gasteiger partial charge in [0.25, 0.3) is 0 Å². The first kappa shape index (κ1) is 14.9. The van der Waals surface area contributed by atoms with Gasteiger partial charge in [0.1, 0.15) is 0 Å². The highest BCUT2D eigenvalue weighted by molar-refractivity contribution is 5.67. The van der Waals surface area contributed by atoms with Crippen LogP contribution in [0, 0.1) is 0 Å². The molecule has 0 bridgehead atoms. The second-order valence-corrected chi connectivity index (χ2v) is 5.26. The Morgan fingerprint density at radius 3 is 2.45 bits per heavy atom. The third-order valence-electron chi connectivity index (χ3n) is 3.84. The maximum atomic E-state index is 11.7. The van der Waals surface area contributed by atoms with E-state index in [0.29, 0.717) is 12.6 Å². The molecule has 1 heterocycles. The Bertz CT molecular complexity index is 414. The fourth-order valence-electron chi connectivity index (χ4n) is 2.64. The van der Waals surface area contributed by atoms with Crippen molar-refractivity contribution in [1.29, 1.82) is 0 Å². The van der Waals surface area contributed by atoms with E-state index < -0.39 is 0 Å². The molecule has 1 aromatic rings. The number of benzene rings is 1. The molecule has 110 valence electrons. The number of hydrogen-bond donors (Lipinski definition) is 0. The fraction of sp³-hybridized carbons (Fsp3) is 0.562. The molecule has 0 saturated carbocycles. The molecule has 4 heteroatoms. The van der Waals surface area contributed by atoms with Crippen molar-refractivity contribution in [3.63, 3.8) is 0 Å². The first-order valence-corrected chi connectivity index (χ1v) is 7.40. The highest BCUT2D eigenvalue weighted by Gasteiger charge is 2.24. The normalized spacial score (nSPS) is 17.8. The lowest BCUT2D eigenvalue weighted by molar-refractivity contribution is 0.0687. The molecule has 0 N–H and O–H groups in total. The van der Waals surface area contributed by atoms with Crippen molar-refractivity contribution >= 4 is 6.09 Å². The van der Waals surface area contributed by atoms with E-state index in [4.69, 9.17) is 4.74 Å². The number of ether oxygens (including phenoxy) is 1. The lowest BCUT2D eigenvalue weighted by Crippen LogP contribution is -2.51. The van der Waals surface area contributed by atoms with E-state index in [2.05, 4.69) is 36.1 Å². The summed E-state index contributed by atoms with van der Waals surface area (Å²) in [6.07, 6.45) is 0.878. The van der Waals surface area contributed by atoms with Crippen LogP contribution in [0.3, 0.4) is 0 Å². The van der Waals surface area contributed by atoms with Gasteiger partial charge in [0.2, 0.25) is 0 Å². The van der Waals surface area contributed by atoms with Gasteiger partial charge in [0.15, 0.2) is 0 Å². The van der Waals surface area contributed by atoms with Crippen LogP contribution in [0.4, 0.5) is 4.79 Å². The number of nitrogens with zero attached hydrogens (tertiary/aromatic N) is 2. The standard InChI is InChI=1S/C16H24N2O2/c1-3-20-16(19)18-11-9-17(10-12-18)14(2)13-15-7-5-4-6-8-15/h4-8,14H,3,9-13H2,1-2H3. The molecule has 4 nitrogen and oxygen atoms in total. The molecular formula is C16H24N2O2. The van der Waals surface area contributed by atoms with E-state index in [9.17, 15) is 4.79 Å². The Kier molecular flexibility index (Phi) is 5.41. The van der Waals surface area contributed by atoms with Gasteiger partial charge in [-0.05, 0) is 25.8 Å². The van der Waals surface area contributed by atoms with Crippen LogP contribution in [0.15, 0.2) is 30.3 Å². The second kappa shape index (κ2) is 7.29. The van der Waals surface area contributed by atoms with Gasteiger partial charge in [-0.15, -0.1) is 0 Å². The predicted molar refractivity (Wildman–Crippen MR) is 79.8 cm³/mol. The third-order valence-corrected chi connectivity index (χ3v) is 3.84. The van der Waals surface area contributed by atoms with Gasteiger partial charge in [0.05, 0.1) is 6.61 Å². The summed E-state index contributed by atoms with van der Waals surface area (Å²) in [6.45, 7) is 7.92. The maximum Gasteiger partial charge on any atom is 0.409 e. The zero-order valence-electron chi connectivity index (χ0n) is 12.4. The molecule has 1 amide bonds. The number of hydrogen-bond acceptors (Lipinski definition) is 3. The largest absolute Gasteiger partial charge is 0.450 e. The summed E-state index contributed by atoms with van der Waals surface area (Å²) < 4.78 is 5.04. The van der Waals surface area contributed by atoms with Crippen LogP contribution in [0.5, 0.6) is 0 Å². The van der Waals surface area contributed by atoms with Gasteiger partial charge in [-0.25, -0.2) is 4.79 Å². The second-order valence-electron chi connectivity index (χ2n) is 5.26. The molecule has 1 aliphatic rings. The average molecular weight is 276 g/mol. The van der Waals surface area contributed by atoms with Crippen LogP contribution in [0.1, 0.15) is 19.4 Å². The SMILES string of the molecule is CCOC(=O)N1CCN(C(C)Cc2ccccc2)CC1. The molecule has 20 heavy (non-hydrogen) atoms. The van der Waals surface area contributed by atoms with Crippen LogP contribution in [-0.4, -0.2) is 54.7 Å². The molecule has 1 aromatic carbocycles. The molecule has 1 fully saturated rings. The molecule has 1 aliphatic heterocycles. The summed E-state index contributed by atoms with van der Waals surface area (Å²) in [5.74, 6) is 0. The maximum absolute atomic E-state index is 11.7. The van der Waals surface area contributed by atoms with Crippen molar-refractivity contribution in [2.75, 3.05) is 32.8 Å². The third kappa shape index (κ3) is 3.97. The van der Waals surface area contributed by atoms with Crippen molar-refractivity contribution in [2.24, 2.45) is 0 Å². The fourth-order valence-corrected chi connectivity index (χ4v) is 2.64. The molecule has 0 aliphatic carbocycles. The molecule has 1 saturated heterocycles. The van der Waals surface area contributed by atoms with Gasteiger partial charge in [-0.2, -0.15) is 0 Å². The summed E-state index contributed by atoms with van der Waals surface area (Å²) >= 11 is 0. The monoisotopic (exact) mass is 276 g/mol. The van der Waals surface area contributed by atoms with E-state index in [-0.39, 0.29) is 6.09 Å². The van der Waals surface area contributed by atoms with Gasteiger partial charge in [-0.1, -0.05) is 30.3 Å². The van der Waals surface area contributed by atoms with Crippen molar-refractivity contribution in [3.8, 4) is 0 Å². The first-order valence-electron chi connectivity index (χ1n) is 7.40. The quantitative estimate of drug-likeness (QED) is 0.846. The number of carbonyl (C=O) groups excluding carboxylic acids is 1. The number of rotatable bonds is 4.